The van der Waals surface area contributed by atoms with E-state index in [9.17, 15) is 0 Å². The van der Waals surface area contributed by atoms with Crippen molar-refractivity contribution >= 4 is 11.6 Å². The van der Waals surface area contributed by atoms with Gasteiger partial charge in [0, 0.05) is 6.07 Å². The zero-order chi connectivity index (χ0) is 9.68. The van der Waals surface area contributed by atoms with Crippen LogP contribution in [-0.4, -0.2) is 13.7 Å². The van der Waals surface area contributed by atoms with Crippen molar-refractivity contribution in [1.82, 2.24) is 0 Å². The summed E-state index contributed by atoms with van der Waals surface area (Å²) in [4.78, 5) is 0. The van der Waals surface area contributed by atoms with Crippen LogP contribution in [0.1, 0.15) is 6.42 Å². The van der Waals surface area contributed by atoms with Gasteiger partial charge in [-0.1, -0.05) is 11.6 Å². The molecule has 0 N–H and O–H groups in total. The maximum absolute atomic E-state index is 5.92. The third-order valence-electron chi connectivity index (χ3n) is 1.54. The molecule has 0 saturated carbocycles. The Morgan fingerprint density at radius 1 is 1.46 bits per heavy atom. The lowest BCUT2D eigenvalue weighted by molar-refractivity contribution is 0.323. The molecule has 0 aliphatic rings. The van der Waals surface area contributed by atoms with Gasteiger partial charge in [-0.2, -0.15) is 0 Å². The molecule has 1 rings (SSSR count). The molecule has 0 aliphatic heterocycles. The Morgan fingerprint density at radius 2 is 2.23 bits per heavy atom. The summed E-state index contributed by atoms with van der Waals surface area (Å²) in [5.41, 5.74) is 0. The smallest absolute Gasteiger partial charge is 0.138 e. The molecule has 71 valence electrons. The minimum atomic E-state index is 0.563. The molecule has 0 heterocycles. The van der Waals surface area contributed by atoms with E-state index < -0.39 is 0 Å². The van der Waals surface area contributed by atoms with Crippen LogP contribution in [0.2, 0.25) is 5.02 Å². The fraction of sp³-hybridized carbons (Fsp3) is 0.300. The molecule has 1 radical (unpaired) electrons. The Morgan fingerprint density at radius 3 is 2.77 bits per heavy atom. The molecule has 3 heteroatoms. The molecule has 2 nitrogen and oxygen atoms in total. The third kappa shape index (κ3) is 2.81. The standard InChI is InChI=1S/C10H12ClO2/c1-3-6-13-10-5-4-8(12-2)7-9(10)11/h4-5,7H,1,3,6H2,2H3. The number of benzene rings is 1. The first-order valence-corrected chi connectivity index (χ1v) is 4.41. The summed E-state index contributed by atoms with van der Waals surface area (Å²) in [5.74, 6) is 1.40. The molecule has 0 spiro atoms. The minimum absolute atomic E-state index is 0.563. The Labute approximate surface area is 83.4 Å². The number of ether oxygens (including phenoxy) is 2. The van der Waals surface area contributed by atoms with Gasteiger partial charge >= 0.3 is 0 Å². The lowest BCUT2D eigenvalue weighted by Crippen LogP contribution is -1.95. The number of halogens is 1. The number of hydrogen-bond donors (Lipinski definition) is 0. The van der Waals surface area contributed by atoms with Crippen LogP contribution in [0.15, 0.2) is 18.2 Å². The molecule has 0 aliphatic carbocycles. The molecule has 0 saturated heterocycles. The van der Waals surface area contributed by atoms with Gasteiger partial charge in [0.05, 0.1) is 18.7 Å². The molecule has 0 bridgehead atoms. The molecule has 1 aromatic carbocycles. The van der Waals surface area contributed by atoms with Crippen molar-refractivity contribution < 1.29 is 9.47 Å². The van der Waals surface area contributed by atoms with Crippen molar-refractivity contribution in [1.29, 1.82) is 0 Å². The van der Waals surface area contributed by atoms with E-state index in [1.54, 1.807) is 19.2 Å². The summed E-state index contributed by atoms with van der Waals surface area (Å²) in [7, 11) is 1.60. The lowest BCUT2D eigenvalue weighted by atomic mass is 10.3. The second kappa shape index (κ2) is 4.97. The van der Waals surface area contributed by atoms with Gasteiger partial charge in [-0.25, -0.2) is 0 Å². The Balaban J connectivity index is 2.73. The van der Waals surface area contributed by atoms with Gasteiger partial charge < -0.3 is 9.47 Å². The van der Waals surface area contributed by atoms with E-state index in [1.807, 2.05) is 6.07 Å². The molecular weight excluding hydrogens is 188 g/mol. The van der Waals surface area contributed by atoms with Crippen LogP contribution in [0.4, 0.5) is 0 Å². The Hall–Kier alpha value is -0.890. The number of rotatable bonds is 4. The van der Waals surface area contributed by atoms with Crippen LogP contribution < -0.4 is 9.47 Å². The quantitative estimate of drug-likeness (QED) is 0.743. The highest BCUT2D eigenvalue weighted by Crippen LogP contribution is 2.28. The lowest BCUT2D eigenvalue weighted by Gasteiger charge is -2.07. The van der Waals surface area contributed by atoms with Gasteiger partial charge in [0.15, 0.2) is 0 Å². The predicted octanol–water partition coefficient (Wildman–Crippen LogP) is 2.95. The maximum atomic E-state index is 5.92. The largest absolute Gasteiger partial charge is 0.497 e. The van der Waals surface area contributed by atoms with E-state index in [0.29, 0.717) is 17.4 Å². The van der Waals surface area contributed by atoms with Crippen molar-refractivity contribution in [2.24, 2.45) is 0 Å². The zero-order valence-corrected chi connectivity index (χ0v) is 8.30. The zero-order valence-electron chi connectivity index (χ0n) is 7.55. The highest BCUT2D eigenvalue weighted by Gasteiger charge is 2.02. The number of methoxy groups -OCH3 is 1. The van der Waals surface area contributed by atoms with Crippen molar-refractivity contribution in [3.8, 4) is 11.5 Å². The summed E-state index contributed by atoms with van der Waals surface area (Å²) in [6.45, 7) is 4.25. The normalized spacial score (nSPS) is 9.77. The van der Waals surface area contributed by atoms with Gasteiger partial charge in [0.1, 0.15) is 11.5 Å². The first kappa shape index (κ1) is 10.2. The first-order chi connectivity index (χ1) is 6.27. The van der Waals surface area contributed by atoms with Gasteiger partial charge in [-0.15, -0.1) is 0 Å². The molecule has 13 heavy (non-hydrogen) atoms. The summed E-state index contributed by atoms with van der Waals surface area (Å²) in [5, 5.41) is 0.563. The molecule has 0 fully saturated rings. The fourth-order valence-corrected chi connectivity index (χ4v) is 1.13. The Kier molecular flexibility index (Phi) is 3.90. The highest BCUT2D eigenvalue weighted by molar-refractivity contribution is 6.32. The van der Waals surface area contributed by atoms with Crippen LogP contribution in [0, 0.1) is 6.92 Å². The van der Waals surface area contributed by atoms with Gasteiger partial charge in [0.2, 0.25) is 0 Å². The van der Waals surface area contributed by atoms with Crippen molar-refractivity contribution in [3.05, 3.63) is 30.1 Å². The molecular formula is C10H12ClO2. The molecule has 0 atom stereocenters. The van der Waals surface area contributed by atoms with Gasteiger partial charge in [0.25, 0.3) is 0 Å². The van der Waals surface area contributed by atoms with Crippen LogP contribution >= 0.6 is 11.6 Å². The van der Waals surface area contributed by atoms with E-state index in [4.69, 9.17) is 21.1 Å². The Bertz CT molecular complexity index is 274. The van der Waals surface area contributed by atoms with Gasteiger partial charge in [-0.3, -0.25) is 0 Å². The highest BCUT2D eigenvalue weighted by atomic mass is 35.5. The molecule has 0 amide bonds. The van der Waals surface area contributed by atoms with E-state index in [2.05, 4.69) is 6.92 Å². The second-order valence-electron chi connectivity index (χ2n) is 2.50. The van der Waals surface area contributed by atoms with Crippen LogP contribution in [0.25, 0.3) is 0 Å². The van der Waals surface area contributed by atoms with E-state index in [-0.39, 0.29) is 0 Å². The maximum Gasteiger partial charge on any atom is 0.138 e. The van der Waals surface area contributed by atoms with Crippen molar-refractivity contribution in [2.75, 3.05) is 13.7 Å². The second-order valence-corrected chi connectivity index (χ2v) is 2.91. The minimum Gasteiger partial charge on any atom is -0.497 e. The third-order valence-corrected chi connectivity index (χ3v) is 1.84. The fourth-order valence-electron chi connectivity index (χ4n) is 0.908. The molecule has 0 aromatic heterocycles. The van der Waals surface area contributed by atoms with Crippen LogP contribution in [-0.2, 0) is 0 Å². The van der Waals surface area contributed by atoms with Gasteiger partial charge in [-0.05, 0) is 25.5 Å². The molecule has 1 aromatic rings. The summed E-state index contributed by atoms with van der Waals surface area (Å²) >= 11 is 5.92. The summed E-state index contributed by atoms with van der Waals surface area (Å²) in [6.07, 6.45) is 0.725. The average Bonchev–Trinajstić information content (AvgIpc) is 2.16. The van der Waals surface area contributed by atoms with Crippen LogP contribution in [0.3, 0.4) is 0 Å². The van der Waals surface area contributed by atoms with Crippen molar-refractivity contribution in [3.63, 3.8) is 0 Å². The molecule has 0 unspecified atom stereocenters. The monoisotopic (exact) mass is 199 g/mol. The topological polar surface area (TPSA) is 18.5 Å². The first-order valence-electron chi connectivity index (χ1n) is 4.03. The number of hydrogen-bond acceptors (Lipinski definition) is 2. The van der Waals surface area contributed by atoms with Crippen molar-refractivity contribution in [2.45, 2.75) is 6.42 Å². The average molecular weight is 200 g/mol. The predicted molar refractivity (Wildman–Crippen MR) is 53.5 cm³/mol. The summed E-state index contributed by atoms with van der Waals surface area (Å²) < 4.78 is 10.3. The summed E-state index contributed by atoms with van der Waals surface area (Å²) in [6, 6.07) is 5.32. The van der Waals surface area contributed by atoms with E-state index >= 15 is 0 Å². The van der Waals surface area contributed by atoms with E-state index in [0.717, 1.165) is 12.2 Å². The van der Waals surface area contributed by atoms with E-state index in [1.165, 1.54) is 0 Å². The van der Waals surface area contributed by atoms with Crippen LogP contribution in [0.5, 0.6) is 11.5 Å². The SMILES string of the molecule is [CH2]CCOc1ccc(OC)cc1Cl.